The molecule has 1 aromatic heterocycles. The summed E-state index contributed by atoms with van der Waals surface area (Å²) in [5.74, 6) is 2.65. The topological polar surface area (TPSA) is 56.7 Å². The van der Waals surface area contributed by atoms with Gasteiger partial charge in [-0.2, -0.15) is 0 Å². The SMILES string of the molecule is CC1(C)C(c2nnc(CN)n2C2CC2)C1(C)C. The van der Waals surface area contributed by atoms with Crippen LogP contribution >= 0.6 is 0 Å². The van der Waals surface area contributed by atoms with Gasteiger partial charge in [-0.1, -0.05) is 27.7 Å². The van der Waals surface area contributed by atoms with Crippen molar-refractivity contribution in [3.05, 3.63) is 11.6 Å². The summed E-state index contributed by atoms with van der Waals surface area (Å²) >= 11 is 0. The maximum Gasteiger partial charge on any atom is 0.147 e. The Morgan fingerprint density at radius 3 is 2.18 bits per heavy atom. The van der Waals surface area contributed by atoms with Gasteiger partial charge >= 0.3 is 0 Å². The van der Waals surface area contributed by atoms with Crippen LogP contribution in [0.1, 0.15) is 64.1 Å². The lowest BCUT2D eigenvalue weighted by Crippen LogP contribution is -2.10. The van der Waals surface area contributed by atoms with Gasteiger partial charge in [-0.05, 0) is 23.7 Å². The highest BCUT2D eigenvalue weighted by Crippen LogP contribution is 2.73. The van der Waals surface area contributed by atoms with Gasteiger partial charge < -0.3 is 10.3 Å². The van der Waals surface area contributed by atoms with Gasteiger partial charge in [0.05, 0.1) is 6.54 Å². The van der Waals surface area contributed by atoms with Crippen LogP contribution in [-0.2, 0) is 6.54 Å². The van der Waals surface area contributed by atoms with E-state index in [-0.39, 0.29) is 0 Å². The van der Waals surface area contributed by atoms with E-state index in [4.69, 9.17) is 5.73 Å². The molecule has 0 aliphatic heterocycles. The summed E-state index contributed by atoms with van der Waals surface area (Å²) in [6.07, 6.45) is 2.51. The highest BCUT2D eigenvalue weighted by atomic mass is 15.3. The Hall–Kier alpha value is -0.900. The van der Waals surface area contributed by atoms with Gasteiger partial charge in [0.15, 0.2) is 0 Å². The van der Waals surface area contributed by atoms with Gasteiger partial charge in [-0.25, -0.2) is 0 Å². The zero-order valence-electron chi connectivity index (χ0n) is 11.2. The van der Waals surface area contributed by atoms with Crippen LogP contribution < -0.4 is 5.73 Å². The molecule has 2 fully saturated rings. The lowest BCUT2D eigenvalue weighted by Gasteiger charge is -2.08. The van der Waals surface area contributed by atoms with Crippen molar-refractivity contribution < 1.29 is 0 Å². The first-order valence-corrected chi connectivity index (χ1v) is 6.55. The number of aromatic nitrogens is 3. The molecule has 0 spiro atoms. The van der Waals surface area contributed by atoms with Gasteiger partial charge in [0, 0.05) is 12.0 Å². The van der Waals surface area contributed by atoms with E-state index in [2.05, 4.69) is 42.5 Å². The molecule has 2 aliphatic carbocycles. The monoisotopic (exact) mass is 234 g/mol. The van der Waals surface area contributed by atoms with Crippen LogP contribution in [0.25, 0.3) is 0 Å². The van der Waals surface area contributed by atoms with Gasteiger partial charge in [0.1, 0.15) is 11.6 Å². The fourth-order valence-electron chi connectivity index (χ4n) is 3.25. The van der Waals surface area contributed by atoms with Crippen LogP contribution in [0.3, 0.4) is 0 Å². The highest BCUT2D eigenvalue weighted by molar-refractivity contribution is 5.28. The van der Waals surface area contributed by atoms with Gasteiger partial charge in [-0.3, -0.25) is 0 Å². The van der Waals surface area contributed by atoms with Crippen molar-refractivity contribution in [1.29, 1.82) is 0 Å². The third kappa shape index (κ3) is 1.33. The summed E-state index contributed by atoms with van der Waals surface area (Å²) in [4.78, 5) is 0. The van der Waals surface area contributed by atoms with Crippen LogP contribution in [0, 0.1) is 10.8 Å². The smallest absolute Gasteiger partial charge is 0.147 e. The van der Waals surface area contributed by atoms with Crippen LogP contribution in [-0.4, -0.2) is 14.8 Å². The van der Waals surface area contributed by atoms with Gasteiger partial charge in [-0.15, -0.1) is 10.2 Å². The molecule has 0 atom stereocenters. The fraction of sp³-hybridized carbons (Fsp3) is 0.846. The molecule has 1 aromatic rings. The highest BCUT2D eigenvalue weighted by Gasteiger charge is 2.67. The molecule has 2 saturated carbocycles. The molecule has 2 aliphatic rings. The maximum absolute atomic E-state index is 5.76. The number of nitrogens with zero attached hydrogens (tertiary/aromatic N) is 3. The zero-order chi connectivity index (χ0) is 12.4. The van der Waals surface area contributed by atoms with E-state index in [0.717, 1.165) is 5.82 Å². The van der Waals surface area contributed by atoms with Crippen molar-refractivity contribution in [3.63, 3.8) is 0 Å². The van der Waals surface area contributed by atoms with Crippen molar-refractivity contribution in [1.82, 2.24) is 14.8 Å². The lowest BCUT2D eigenvalue weighted by molar-refractivity contribution is 0.457. The molecule has 0 unspecified atom stereocenters. The Bertz CT molecular complexity index is 440. The lowest BCUT2D eigenvalue weighted by atomic mass is 10.0. The van der Waals surface area contributed by atoms with Crippen molar-refractivity contribution >= 4 is 0 Å². The largest absolute Gasteiger partial charge is 0.324 e. The molecule has 0 saturated heterocycles. The molecule has 17 heavy (non-hydrogen) atoms. The molecule has 0 amide bonds. The summed E-state index contributed by atoms with van der Waals surface area (Å²) in [6.45, 7) is 9.80. The molecule has 94 valence electrons. The van der Waals surface area contributed by atoms with Crippen molar-refractivity contribution in [2.75, 3.05) is 0 Å². The third-order valence-electron chi connectivity index (χ3n) is 5.17. The van der Waals surface area contributed by atoms with Gasteiger partial charge in [0.25, 0.3) is 0 Å². The van der Waals surface area contributed by atoms with E-state index in [1.807, 2.05) is 0 Å². The zero-order valence-corrected chi connectivity index (χ0v) is 11.2. The van der Waals surface area contributed by atoms with E-state index in [1.54, 1.807) is 0 Å². The maximum atomic E-state index is 5.76. The molecule has 0 aromatic carbocycles. The number of nitrogens with two attached hydrogens (primary N) is 1. The van der Waals surface area contributed by atoms with Crippen LogP contribution in [0.5, 0.6) is 0 Å². The van der Waals surface area contributed by atoms with E-state index < -0.39 is 0 Å². The van der Waals surface area contributed by atoms with Crippen molar-refractivity contribution in [3.8, 4) is 0 Å². The first-order chi connectivity index (χ1) is 7.91. The molecule has 2 N–H and O–H groups in total. The minimum absolute atomic E-state index is 0.318. The minimum Gasteiger partial charge on any atom is -0.324 e. The van der Waals surface area contributed by atoms with Crippen molar-refractivity contribution in [2.24, 2.45) is 16.6 Å². The fourth-order valence-corrected chi connectivity index (χ4v) is 3.25. The number of rotatable bonds is 3. The Balaban J connectivity index is 2.02. The molecule has 0 radical (unpaired) electrons. The summed E-state index contributed by atoms with van der Waals surface area (Å²) in [7, 11) is 0. The third-order valence-corrected chi connectivity index (χ3v) is 5.17. The second-order valence-electron chi connectivity index (χ2n) is 6.66. The number of hydrogen-bond acceptors (Lipinski definition) is 3. The predicted octanol–water partition coefficient (Wildman–Crippen LogP) is 2.22. The van der Waals surface area contributed by atoms with E-state index >= 15 is 0 Å². The summed E-state index contributed by atoms with van der Waals surface area (Å²) < 4.78 is 2.32. The van der Waals surface area contributed by atoms with E-state index in [1.165, 1.54) is 18.7 Å². The molecular weight excluding hydrogens is 212 g/mol. The van der Waals surface area contributed by atoms with Crippen LogP contribution in [0.15, 0.2) is 0 Å². The minimum atomic E-state index is 0.318. The summed E-state index contributed by atoms with van der Waals surface area (Å²) in [6, 6.07) is 0.616. The normalized spacial score (nSPS) is 26.2. The Morgan fingerprint density at radius 2 is 1.76 bits per heavy atom. The molecule has 0 bridgehead atoms. The average Bonchev–Trinajstić information content (AvgIpc) is 3.08. The molecular formula is C13H22N4. The second kappa shape index (κ2) is 3.10. The molecule has 4 nitrogen and oxygen atoms in total. The van der Waals surface area contributed by atoms with Crippen LogP contribution in [0.4, 0.5) is 0 Å². The molecule has 4 heteroatoms. The summed E-state index contributed by atoms with van der Waals surface area (Å²) in [5, 5.41) is 8.71. The standard InChI is InChI=1S/C13H22N4/c1-12(2)10(13(12,3)4)11-16-15-9(7-14)17(11)8-5-6-8/h8,10H,5-7,14H2,1-4H3. The number of hydrogen-bond donors (Lipinski definition) is 1. The predicted molar refractivity (Wildman–Crippen MR) is 66.5 cm³/mol. The average molecular weight is 234 g/mol. The van der Waals surface area contributed by atoms with Crippen molar-refractivity contribution in [2.45, 2.75) is 59.0 Å². The summed E-state index contributed by atoms with van der Waals surface area (Å²) in [5.41, 5.74) is 6.40. The first-order valence-electron chi connectivity index (χ1n) is 6.55. The second-order valence-corrected chi connectivity index (χ2v) is 6.66. The van der Waals surface area contributed by atoms with Gasteiger partial charge in [0.2, 0.25) is 0 Å². The first kappa shape index (κ1) is 11.2. The Labute approximate surface area is 103 Å². The molecule has 3 rings (SSSR count). The quantitative estimate of drug-likeness (QED) is 0.872. The Morgan fingerprint density at radius 1 is 1.18 bits per heavy atom. The van der Waals surface area contributed by atoms with Crippen LogP contribution in [0.2, 0.25) is 0 Å². The molecule has 1 heterocycles. The Kier molecular flexibility index (Phi) is 2.05. The van der Waals surface area contributed by atoms with E-state index in [9.17, 15) is 0 Å². The van der Waals surface area contributed by atoms with E-state index in [0.29, 0.717) is 29.3 Å².